The molecule has 0 bridgehead atoms. The normalized spacial score (nSPS) is 11.7. The first-order valence-electron chi connectivity index (χ1n) is 7.27. The second-order valence-corrected chi connectivity index (χ2v) is 5.03. The smallest absolute Gasteiger partial charge is 0.258 e. The Morgan fingerprint density at radius 3 is 2.48 bits per heavy atom. The lowest BCUT2D eigenvalue weighted by molar-refractivity contribution is -0.123. The van der Waals surface area contributed by atoms with Gasteiger partial charge in [0.25, 0.3) is 5.91 Å². The molecule has 0 heterocycles. The number of hydrogen-bond acceptors (Lipinski definition) is 2. The van der Waals surface area contributed by atoms with Crippen LogP contribution >= 0.6 is 0 Å². The lowest BCUT2D eigenvalue weighted by Gasteiger charge is -2.14. The van der Waals surface area contributed by atoms with Gasteiger partial charge in [0.1, 0.15) is 5.75 Å². The van der Waals surface area contributed by atoms with E-state index in [1.165, 1.54) is 0 Å². The van der Waals surface area contributed by atoms with E-state index in [9.17, 15) is 4.79 Å². The van der Waals surface area contributed by atoms with E-state index < -0.39 is 0 Å². The van der Waals surface area contributed by atoms with Crippen molar-refractivity contribution in [3.05, 3.63) is 54.6 Å². The predicted molar refractivity (Wildman–Crippen MR) is 85.3 cm³/mol. The molecule has 1 atom stereocenters. The molecule has 0 spiro atoms. The maximum absolute atomic E-state index is 11.8. The minimum absolute atomic E-state index is 0.0359. The Kier molecular flexibility index (Phi) is 5.38. The third-order valence-electron chi connectivity index (χ3n) is 3.35. The Morgan fingerprint density at radius 1 is 1.10 bits per heavy atom. The Labute approximate surface area is 126 Å². The van der Waals surface area contributed by atoms with Gasteiger partial charge in [-0.1, -0.05) is 55.5 Å². The molecular formula is C18H21NO2. The van der Waals surface area contributed by atoms with Crippen LogP contribution in [0.5, 0.6) is 5.75 Å². The predicted octanol–water partition coefficient (Wildman–Crippen LogP) is 3.65. The van der Waals surface area contributed by atoms with E-state index in [0.29, 0.717) is 0 Å². The van der Waals surface area contributed by atoms with Crippen LogP contribution in [0.2, 0.25) is 0 Å². The summed E-state index contributed by atoms with van der Waals surface area (Å²) in [7, 11) is 0. The van der Waals surface area contributed by atoms with Gasteiger partial charge in [0.2, 0.25) is 0 Å². The Hall–Kier alpha value is -2.29. The average Bonchev–Trinajstić information content (AvgIpc) is 2.54. The maximum atomic E-state index is 11.8. The van der Waals surface area contributed by atoms with Crippen molar-refractivity contribution >= 4 is 5.91 Å². The molecule has 110 valence electrons. The Morgan fingerprint density at radius 2 is 1.76 bits per heavy atom. The van der Waals surface area contributed by atoms with E-state index in [2.05, 4.69) is 5.32 Å². The fourth-order valence-corrected chi connectivity index (χ4v) is 2.01. The van der Waals surface area contributed by atoms with Gasteiger partial charge in [-0.3, -0.25) is 4.79 Å². The molecule has 21 heavy (non-hydrogen) atoms. The van der Waals surface area contributed by atoms with Crippen LogP contribution in [0.1, 0.15) is 20.3 Å². The van der Waals surface area contributed by atoms with Crippen molar-refractivity contribution in [1.29, 1.82) is 0 Å². The van der Waals surface area contributed by atoms with Crippen LogP contribution in [0.15, 0.2) is 54.6 Å². The lowest BCUT2D eigenvalue weighted by Crippen LogP contribution is -2.35. The molecule has 3 nitrogen and oxygen atoms in total. The number of benzene rings is 2. The second kappa shape index (κ2) is 7.48. The summed E-state index contributed by atoms with van der Waals surface area (Å²) >= 11 is 0. The highest BCUT2D eigenvalue weighted by Crippen LogP contribution is 2.29. The highest BCUT2D eigenvalue weighted by atomic mass is 16.5. The van der Waals surface area contributed by atoms with Gasteiger partial charge >= 0.3 is 0 Å². The molecule has 3 heteroatoms. The maximum Gasteiger partial charge on any atom is 0.258 e. The second-order valence-electron chi connectivity index (χ2n) is 5.03. The first kappa shape index (κ1) is 15.1. The first-order valence-corrected chi connectivity index (χ1v) is 7.27. The van der Waals surface area contributed by atoms with E-state index in [-0.39, 0.29) is 18.6 Å². The molecule has 2 rings (SSSR count). The highest BCUT2D eigenvalue weighted by molar-refractivity contribution is 5.78. The van der Waals surface area contributed by atoms with Crippen LogP contribution in [-0.4, -0.2) is 18.6 Å². The average molecular weight is 283 g/mol. The van der Waals surface area contributed by atoms with Crippen molar-refractivity contribution in [3.8, 4) is 16.9 Å². The zero-order valence-electron chi connectivity index (χ0n) is 12.5. The molecule has 0 aliphatic rings. The number of para-hydroxylation sites is 1. The molecule has 0 saturated carbocycles. The lowest BCUT2D eigenvalue weighted by atomic mass is 10.1. The van der Waals surface area contributed by atoms with Crippen molar-refractivity contribution in [2.24, 2.45) is 0 Å². The van der Waals surface area contributed by atoms with E-state index in [1.807, 2.05) is 68.4 Å². The summed E-state index contributed by atoms with van der Waals surface area (Å²) in [5.41, 5.74) is 2.07. The minimum Gasteiger partial charge on any atom is -0.483 e. The molecular weight excluding hydrogens is 262 g/mol. The molecule has 0 aliphatic carbocycles. The number of amides is 1. The summed E-state index contributed by atoms with van der Waals surface area (Å²) in [6, 6.07) is 17.9. The number of rotatable bonds is 6. The van der Waals surface area contributed by atoms with Crippen LogP contribution in [0, 0.1) is 0 Å². The molecule has 2 aromatic carbocycles. The molecule has 0 aromatic heterocycles. The van der Waals surface area contributed by atoms with Gasteiger partial charge in [0.05, 0.1) is 0 Å². The molecule has 2 aromatic rings. The summed E-state index contributed by atoms with van der Waals surface area (Å²) in [6.45, 7) is 4.06. The SMILES string of the molecule is CC[C@@H](C)NC(=O)COc1ccccc1-c1ccccc1. The zero-order valence-corrected chi connectivity index (χ0v) is 12.5. The van der Waals surface area contributed by atoms with E-state index in [0.717, 1.165) is 23.3 Å². The quantitative estimate of drug-likeness (QED) is 0.879. The fraction of sp³-hybridized carbons (Fsp3) is 0.278. The summed E-state index contributed by atoms with van der Waals surface area (Å²) in [4.78, 5) is 11.8. The van der Waals surface area contributed by atoms with E-state index >= 15 is 0 Å². The Balaban J connectivity index is 2.06. The number of nitrogens with one attached hydrogen (secondary N) is 1. The summed E-state index contributed by atoms with van der Waals surface area (Å²) < 4.78 is 5.69. The van der Waals surface area contributed by atoms with Crippen LogP contribution < -0.4 is 10.1 Å². The Bertz CT molecular complexity index is 581. The standard InChI is InChI=1S/C18H21NO2/c1-3-14(2)19-18(20)13-21-17-12-8-7-11-16(17)15-9-5-4-6-10-15/h4-12,14H,3,13H2,1-2H3,(H,19,20)/t14-/m1/s1. The minimum atomic E-state index is -0.0905. The van der Waals surface area contributed by atoms with E-state index in [1.54, 1.807) is 0 Å². The summed E-state index contributed by atoms with van der Waals surface area (Å²) in [5.74, 6) is 0.634. The van der Waals surface area contributed by atoms with Crippen molar-refractivity contribution in [2.75, 3.05) is 6.61 Å². The van der Waals surface area contributed by atoms with Gasteiger partial charge in [-0.2, -0.15) is 0 Å². The third kappa shape index (κ3) is 4.35. The number of hydrogen-bond donors (Lipinski definition) is 1. The van der Waals surface area contributed by atoms with Crippen LogP contribution in [0.25, 0.3) is 11.1 Å². The molecule has 0 unspecified atom stereocenters. The zero-order chi connectivity index (χ0) is 15.1. The molecule has 0 aliphatic heterocycles. The van der Waals surface area contributed by atoms with Crippen LogP contribution in [0.4, 0.5) is 0 Å². The third-order valence-corrected chi connectivity index (χ3v) is 3.35. The largest absolute Gasteiger partial charge is 0.483 e. The number of ether oxygens (including phenoxy) is 1. The molecule has 0 fully saturated rings. The van der Waals surface area contributed by atoms with Gasteiger partial charge in [-0.05, 0) is 25.0 Å². The van der Waals surface area contributed by atoms with E-state index in [4.69, 9.17) is 4.74 Å². The van der Waals surface area contributed by atoms with Gasteiger partial charge in [-0.25, -0.2) is 0 Å². The highest BCUT2D eigenvalue weighted by Gasteiger charge is 2.09. The topological polar surface area (TPSA) is 38.3 Å². The van der Waals surface area contributed by atoms with Crippen molar-refractivity contribution in [3.63, 3.8) is 0 Å². The number of carbonyl (C=O) groups is 1. The molecule has 1 amide bonds. The monoisotopic (exact) mass is 283 g/mol. The van der Waals surface area contributed by atoms with Gasteiger partial charge in [0.15, 0.2) is 6.61 Å². The van der Waals surface area contributed by atoms with Crippen LogP contribution in [0.3, 0.4) is 0 Å². The van der Waals surface area contributed by atoms with Crippen LogP contribution in [-0.2, 0) is 4.79 Å². The van der Waals surface area contributed by atoms with Gasteiger partial charge in [0, 0.05) is 11.6 Å². The van der Waals surface area contributed by atoms with Crippen molar-refractivity contribution in [2.45, 2.75) is 26.3 Å². The first-order chi connectivity index (χ1) is 10.2. The van der Waals surface area contributed by atoms with Crippen molar-refractivity contribution < 1.29 is 9.53 Å². The van der Waals surface area contributed by atoms with Gasteiger partial charge in [-0.15, -0.1) is 0 Å². The molecule has 1 N–H and O–H groups in total. The fourth-order valence-electron chi connectivity index (χ4n) is 2.01. The summed E-state index contributed by atoms with van der Waals surface area (Å²) in [5, 5.41) is 2.90. The van der Waals surface area contributed by atoms with Crippen molar-refractivity contribution in [1.82, 2.24) is 5.32 Å². The van der Waals surface area contributed by atoms with Gasteiger partial charge < -0.3 is 10.1 Å². The number of carbonyl (C=O) groups excluding carboxylic acids is 1. The summed E-state index contributed by atoms with van der Waals surface area (Å²) in [6.07, 6.45) is 0.909. The molecule has 0 saturated heterocycles. The molecule has 0 radical (unpaired) electrons.